The van der Waals surface area contributed by atoms with Crippen molar-refractivity contribution in [3.8, 4) is 10.8 Å². The molecule has 1 atom stereocenters. The van der Waals surface area contributed by atoms with E-state index in [1.807, 2.05) is 17.5 Å². The zero-order valence-corrected chi connectivity index (χ0v) is 15.9. The molecule has 2 aromatic heterocycles. The van der Waals surface area contributed by atoms with Gasteiger partial charge in [0.1, 0.15) is 10.9 Å². The molecule has 10 heteroatoms. The van der Waals surface area contributed by atoms with Crippen LogP contribution in [0.5, 0.6) is 0 Å². The van der Waals surface area contributed by atoms with Gasteiger partial charge in [-0.2, -0.15) is 0 Å². The SMILES string of the molecule is COC(=O)C(CNC(=O)OC(C)(C)C)Sc1nnc(-c2cccs2)o1. The van der Waals surface area contributed by atoms with Crippen molar-refractivity contribution in [1.29, 1.82) is 0 Å². The molecule has 2 rings (SSSR count). The lowest BCUT2D eigenvalue weighted by Crippen LogP contribution is -2.38. The summed E-state index contributed by atoms with van der Waals surface area (Å²) in [5.74, 6) is -0.141. The van der Waals surface area contributed by atoms with Gasteiger partial charge in [0.25, 0.3) is 11.1 Å². The van der Waals surface area contributed by atoms with E-state index in [2.05, 4.69) is 15.5 Å². The van der Waals surface area contributed by atoms with Crippen LogP contribution in [0, 0.1) is 0 Å². The van der Waals surface area contributed by atoms with Gasteiger partial charge in [-0.25, -0.2) is 4.79 Å². The third kappa shape index (κ3) is 6.05. The zero-order chi connectivity index (χ0) is 18.4. The highest BCUT2D eigenvalue weighted by atomic mass is 32.2. The summed E-state index contributed by atoms with van der Waals surface area (Å²) < 4.78 is 15.4. The summed E-state index contributed by atoms with van der Waals surface area (Å²) >= 11 is 2.49. The van der Waals surface area contributed by atoms with Gasteiger partial charge in [-0.3, -0.25) is 4.79 Å². The van der Waals surface area contributed by atoms with Crippen molar-refractivity contribution in [2.24, 2.45) is 0 Å². The largest absolute Gasteiger partial charge is 0.468 e. The molecule has 0 spiro atoms. The molecule has 136 valence electrons. The molecule has 0 saturated heterocycles. The van der Waals surface area contributed by atoms with Crippen LogP contribution in [-0.4, -0.2) is 46.8 Å². The second-order valence-electron chi connectivity index (χ2n) is 5.86. The standard InChI is InChI=1S/C15H19N3O5S2/c1-15(2,3)23-13(20)16-8-10(12(19)21-4)25-14-18-17-11(22-14)9-6-5-7-24-9/h5-7,10H,8H2,1-4H3,(H,16,20). The zero-order valence-electron chi connectivity index (χ0n) is 14.3. The molecule has 2 heterocycles. The van der Waals surface area contributed by atoms with Crippen LogP contribution in [0.1, 0.15) is 20.8 Å². The maximum atomic E-state index is 11.9. The van der Waals surface area contributed by atoms with Gasteiger partial charge in [-0.15, -0.1) is 21.5 Å². The predicted octanol–water partition coefficient (Wildman–Crippen LogP) is 2.96. The highest BCUT2D eigenvalue weighted by Crippen LogP contribution is 2.28. The summed E-state index contributed by atoms with van der Waals surface area (Å²) in [6.45, 7) is 5.26. The number of carbonyl (C=O) groups excluding carboxylic acids is 2. The summed E-state index contributed by atoms with van der Waals surface area (Å²) in [6.07, 6.45) is -0.619. The minimum absolute atomic E-state index is 0.00295. The summed E-state index contributed by atoms with van der Waals surface area (Å²) in [6, 6.07) is 3.73. The van der Waals surface area contributed by atoms with Gasteiger partial charge in [-0.05, 0) is 44.0 Å². The molecule has 0 aromatic carbocycles. The van der Waals surface area contributed by atoms with Crippen molar-refractivity contribution >= 4 is 35.2 Å². The Morgan fingerprint density at radius 3 is 2.76 bits per heavy atom. The minimum atomic E-state index is -0.742. The van der Waals surface area contributed by atoms with Gasteiger partial charge in [-0.1, -0.05) is 6.07 Å². The maximum absolute atomic E-state index is 11.9. The number of thiophene rings is 1. The van der Waals surface area contributed by atoms with E-state index in [0.29, 0.717) is 5.89 Å². The number of alkyl carbamates (subject to hydrolysis) is 1. The third-order valence-electron chi connectivity index (χ3n) is 2.68. The van der Waals surface area contributed by atoms with Crippen molar-refractivity contribution < 1.29 is 23.5 Å². The molecule has 1 unspecified atom stereocenters. The average Bonchev–Trinajstić information content (AvgIpc) is 3.19. The van der Waals surface area contributed by atoms with Crippen molar-refractivity contribution in [1.82, 2.24) is 15.5 Å². The second-order valence-corrected chi connectivity index (χ2v) is 7.96. The van der Waals surface area contributed by atoms with E-state index in [1.54, 1.807) is 20.8 Å². The van der Waals surface area contributed by atoms with Crippen LogP contribution in [0.25, 0.3) is 10.8 Å². The molecule has 0 saturated carbocycles. The van der Waals surface area contributed by atoms with Crippen LogP contribution in [0.15, 0.2) is 27.2 Å². The first-order valence-electron chi connectivity index (χ1n) is 7.37. The van der Waals surface area contributed by atoms with Gasteiger partial charge in [0, 0.05) is 6.54 Å². The van der Waals surface area contributed by atoms with Crippen molar-refractivity contribution in [2.75, 3.05) is 13.7 Å². The van der Waals surface area contributed by atoms with Crippen LogP contribution >= 0.6 is 23.1 Å². The van der Waals surface area contributed by atoms with Crippen LogP contribution in [0.3, 0.4) is 0 Å². The number of hydrogen-bond acceptors (Lipinski definition) is 9. The van der Waals surface area contributed by atoms with E-state index in [4.69, 9.17) is 13.9 Å². The van der Waals surface area contributed by atoms with E-state index in [9.17, 15) is 9.59 Å². The van der Waals surface area contributed by atoms with E-state index in [0.717, 1.165) is 16.6 Å². The Bertz CT molecular complexity index is 709. The molecule has 1 amide bonds. The van der Waals surface area contributed by atoms with Crippen molar-refractivity contribution in [3.63, 3.8) is 0 Å². The molecule has 0 aliphatic carbocycles. The highest BCUT2D eigenvalue weighted by molar-refractivity contribution is 8.00. The van der Waals surface area contributed by atoms with Crippen LogP contribution in [0.2, 0.25) is 0 Å². The fourth-order valence-corrected chi connectivity index (χ4v) is 3.14. The topological polar surface area (TPSA) is 104 Å². The fourth-order valence-electron chi connectivity index (χ4n) is 1.67. The molecule has 1 N–H and O–H groups in total. The van der Waals surface area contributed by atoms with Crippen LogP contribution < -0.4 is 5.32 Å². The Morgan fingerprint density at radius 2 is 2.16 bits per heavy atom. The summed E-state index contributed by atoms with van der Waals surface area (Å²) in [4.78, 5) is 24.5. The average molecular weight is 385 g/mol. The summed E-state index contributed by atoms with van der Waals surface area (Å²) in [5, 5.41) is 11.8. The first kappa shape index (κ1) is 19.3. The fraction of sp³-hybridized carbons (Fsp3) is 0.467. The number of nitrogens with zero attached hydrogens (tertiary/aromatic N) is 2. The second kappa shape index (κ2) is 8.34. The normalized spacial score (nSPS) is 12.5. The molecule has 0 radical (unpaired) electrons. The van der Waals surface area contributed by atoms with Crippen LogP contribution in [-0.2, 0) is 14.3 Å². The van der Waals surface area contributed by atoms with Gasteiger partial charge in [0.15, 0.2) is 0 Å². The van der Waals surface area contributed by atoms with E-state index in [-0.39, 0.29) is 11.8 Å². The van der Waals surface area contributed by atoms with Crippen molar-refractivity contribution in [3.05, 3.63) is 17.5 Å². The molecule has 2 aromatic rings. The molecule has 8 nitrogen and oxygen atoms in total. The Labute approximate surface area is 153 Å². The molecule has 0 bridgehead atoms. The van der Waals surface area contributed by atoms with Crippen molar-refractivity contribution in [2.45, 2.75) is 36.8 Å². The number of thioether (sulfide) groups is 1. The van der Waals surface area contributed by atoms with Gasteiger partial charge >= 0.3 is 12.1 Å². The molecule has 0 aliphatic rings. The number of aromatic nitrogens is 2. The number of methoxy groups -OCH3 is 1. The number of ether oxygens (including phenoxy) is 2. The molecule has 0 aliphatic heterocycles. The van der Waals surface area contributed by atoms with E-state index in [1.165, 1.54) is 18.4 Å². The predicted molar refractivity (Wildman–Crippen MR) is 93.5 cm³/mol. The highest BCUT2D eigenvalue weighted by Gasteiger charge is 2.26. The third-order valence-corrected chi connectivity index (χ3v) is 4.54. The lowest BCUT2D eigenvalue weighted by Gasteiger charge is -2.20. The first-order valence-corrected chi connectivity index (χ1v) is 9.13. The number of hydrogen-bond donors (Lipinski definition) is 1. The Balaban J connectivity index is 1.98. The Hall–Kier alpha value is -2.07. The smallest absolute Gasteiger partial charge is 0.407 e. The number of esters is 1. The summed E-state index contributed by atoms with van der Waals surface area (Å²) in [7, 11) is 1.27. The van der Waals surface area contributed by atoms with Gasteiger partial charge in [0.2, 0.25) is 0 Å². The quantitative estimate of drug-likeness (QED) is 0.598. The first-order chi connectivity index (χ1) is 11.8. The van der Waals surface area contributed by atoms with E-state index < -0.39 is 22.9 Å². The van der Waals surface area contributed by atoms with Gasteiger partial charge in [0.05, 0.1) is 12.0 Å². The molecular weight excluding hydrogens is 366 g/mol. The molecule has 0 fully saturated rings. The Morgan fingerprint density at radius 1 is 1.40 bits per heavy atom. The number of carbonyl (C=O) groups is 2. The lowest BCUT2D eigenvalue weighted by molar-refractivity contribution is -0.139. The van der Waals surface area contributed by atoms with Gasteiger partial charge < -0.3 is 19.2 Å². The molecule has 25 heavy (non-hydrogen) atoms. The Kier molecular flexibility index (Phi) is 6.43. The maximum Gasteiger partial charge on any atom is 0.407 e. The minimum Gasteiger partial charge on any atom is -0.468 e. The van der Waals surface area contributed by atoms with E-state index >= 15 is 0 Å². The number of nitrogens with one attached hydrogen (secondary N) is 1. The number of amides is 1. The summed E-state index contributed by atoms with van der Waals surface area (Å²) in [5.41, 5.74) is -0.625. The lowest BCUT2D eigenvalue weighted by atomic mass is 10.2. The van der Waals surface area contributed by atoms with Crippen LogP contribution in [0.4, 0.5) is 4.79 Å². The monoisotopic (exact) mass is 385 g/mol. The number of rotatable bonds is 6. The molecular formula is C15H19N3O5S2.